The predicted octanol–water partition coefficient (Wildman–Crippen LogP) is 4.55. The highest BCUT2D eigenvalue weighted by molar-refractivity contribution is 5.84. The lowest BCUT2D eigenvalue weighted by Crippen LogP contribution is -2.56. The first kappa shape index (κ1) is 28.9. The molecule has 2 N–H and O–H groups in total. The number of allylic oxidation sites excluding steroid dienone is 3. The lowest BCUT2D eigenvalue weighted by molar-refractivity contribution is -0.123. The molecule has 39 heavy (non-hydrogen) atoms. The number of carbonyl (C=O) groups is 1. The van der Waals surface area contributed by atoms with Crippen LogP contribution in [0.3, 0.4) is 0 Å². The molecule has 0 spiro atoms. The van der Waals surface area contributed by atoms with E-state index in [-0.39, 0.29) is 29.7 Å². The SMILES string of the molecule is C/C=C(/C(CNC[C@H](C)c1ccc(C#N)cc1)C(=O)NC1=CCC(N2CC(OC)C2)C=N1)[C@@H](C)/C=C\C1CC1. The molecule has 7 heteroatoms. The zero-order valence-electron chi connectivity index (χ0n) is 23.8. The Morgan fingerprint density at radius 1 is 1.23 bits per heavy atom. The Labute approximate surface area is 233 Å². The summed E-state index contributed by atoms with van der Waals surface area (Å²) in [5.41, 5.74) is 2.95. The third-order valence-corrected chi connectivity index (χ3v) is 8.15. The van der Waals surface area contributed by atoms with Crippen LogP contribution in [0.15, 0.2) is 65.0 Å². The highest BCUT2D eigenvalue weighted by atomic mass is 16.5. The van der Waals surface area contributed by atoms with Gasteiger partial charge in [0, 0.05) is 45.5 Å². The molecule has 1 saturated heterocycles. The van der Waals surface area contributed by atoms with Gasteiger partial charge in [-0.15, -0.1) is 0 Å². The maximum absolute atomic E-state index is 13.7. The highest BCUT2D eigenvalue weighted by Gasteiger charge is 2.32. The molecule has 7 nitrogen and oxygen atoms in total. The predicted molar refractivity (Wildman–Crippen MR) is 156 cm³/mol. The number of nitrogens with one attached hydrogen (secondary N) is 2. The van der Waals surface area contributed by atoms with Crippen molar-refractivity contribution in [3.8, 4) is 6.07 Å². The minimum absolute atomic E-state index is 0.0291. The molecule has 0 radical (unpaired) electrons. The highest BCUT2D eigenvalue weighted by Crippen LogP contribution is 2.32. The Morgan fingerprint density at radius 2 is 1.97 bits per heavy atom. The van der Waals surface area contributed by atoms with Crippen LogP contribution in [0.2, 0.25) is 0 Å². The number of benzene rings is 1. The van der Waals surface area contributed by atoms with Crippen molar-refractivity contribution in [1.29, 1.82) is 5.26 Å². The second kappa shape index (κ2) is 13.8. The van der Waals surface area contributed by atoms with Gasteiger partial charge in [0.25, 0.3) is 0 Å². The summed E-state index contributed by atoms with van der Waals surface area (Å²) in [6.45, 7) is 9.49. The first-order valence-electron chi connectivity index (χ1n) is 14.3. The topological polar surface area (TPSA) is 89.8 Å². The third kappa shape index (κ3) is 7.98. The summed E-state index contributed by atoms with van der Waals surface area (Å²) >= 11 is 0. The van der Waals surface area contributed by atoms with Gasteiger partial charge >= 0.3 is 0 Å². The molecule has 1 aromatic rings. The van der Waals surface area contributed by atoms with Crippen LogP contribution in [0.1, 0.15) is 57.1 Å². The van der Waals surface area contributed by atoms with E-state index in [2.05, 4.69) is 58.7 Å². The third-order valence-electron chi connectivity index (χ3n) is 8.15. The summed E-state index contributed by atoms with van der Waals surface area (Å²) in [6.07, 6.45) is 14.3. The van der Waals surface area contributed by atoms with Crippen LogP contribution in [0.5, 0.6) is 0 Å². The number of methoxy groups -OCH3 is 1. The van der Waals surface area contributed by atoms with Crippen molar-refractivity contribution in [1.82, 2.24) is 15.5 Å². The van der Waals surface area contributed by atoms with Gasteiger partial charge in [-0.2, -0.15) is 5.26 Å². The zero-order valence-corrected chi connectivity index (χ0v) is 23.8. The molecule has 2 unspecified atom stereocenters. The molecule has 2 fully saturated rings. The molecule has 4 rings (SSSR count). The van der Waals surface area contributed by atoms with E-state index in [1.165, 1.54) is 18.4 Å². The number of amides is 1. The van der Waals surface area contributed by atoms with Crippen LogP contribution >= 0.6 is 0 Å². The van der Waals surface area contributed by atoms with Gasteiger partial charge in [0.2, 0.25) is 5.91 Å². The van der Waals surface area contributed by atoms with Gasteiger partial charge in [-0.3, -0.25) is 9.69 Å². The van der Waals surface area contributed by atoms with Crippen LogP contribution in [0.4, 0.5) is 0 Å². The molecule has 3 aliphatic rings. The van der Waals surface area contributed by atoms with E-state index in [0.717, 1.165) is 31.6 Å². The van der Waals surface area contributed by atoms with Crippen LogP contribution in [-0.4, -0.2) is 62.5 Å². The number of likely N-dealkylation sites (tertiary alicyclic amines) is 1. The average Bonchev–Trinajstić information content (AvgIpc) is 3.76. The van der Waals surface area contributed by atoms with E-state index in [0.29, 0.717) is 30.0 Å². The fourth-order valence-electron chi connectivity index (χ4n) is 5.26. The molecule has 4 atom stereocenters. The Kier molecular flexibility index (Phi) is 10.3. The Bertz CT molecular complexity index is 1140. The number of nitrogens with zero attached hydrogens (tertiary/aromatic N) is 3. The molecule has 1 amide bonds. The second-order valence-corrected chi connectivity index (χ2v) is 11.1. The Hall–Kier alpha value is -3.05. The van der Waals surface area contributed by atoms with Crippen molar-refractivity contribution in [2.45, 2.75) is 58.1 Å². The normalized spacial score (nSPS) is 22.6. The zero-order chi connectivity index (χ0) is 27.8. The van der Waals surface area contributed by atoms with Gasteiger partial charge in [0.1, 0.15) is 5.82 Å². The number of hydrogen-bond donors (Lipinski definition) is 2. The summed E-state index contributed by atoms with van der Waals surface area (Å²) in [5.74, 6) is 1.42. The van der Waals surface area contributed by atoms with E-state index in [9.17, 15) is 4.79 Å². The van der Waals surface area contributed by atoms with Gasteiger partial charge in [-0.25, -0.2) is 4.99 Å². The van der Waals surface area contributed by atoms with Gasteiger partial charge < -0.3 is 15.4 Å². The van der Waals surface area contributed by atoms with E-state index in [4.69, 9.17) is 10.00 Å². The molecule has 208 valence electrons. The average molecular weight is 530 g/mol. The number of aliphatic imine (C=N–C) groups is 1. The number of hydrogen-bond acceptors (Lipinski definition) is 6. The lowest BCUT2D eigenvalue weighted by Gasteiger charge is -2.42. The van der Waals surface area contributed by atoms with Gasteiger partial charge in [0.15, 0.2) is 0 Å². The van der Waals surface area contributed by atoms with Gasteiger partial charge in [0.05, 0.1) is 23.7 Å². The van der Waals surface area contributed by atoms with E-state index in [1.807, 2.05) is 43.5 Å². The van der Waals surface area contributed by atoms with E-state index >= 15 is 0 Å². The summed E-state index contributed by atoms with van der Waals surface area (Å²) in [6, 6.07) is 10.2. The molecule has 1 aromatic carbocycles. The van der Waals surface area contributed by atoms with Crippen LogP contribution < -0.4 is 10.6 Å². The van der Waals surface area contributed by atoms with Crippen molar-refractivity contribution >= 4 is 12.1 Å². The van der Waals surface area contributed by atoms with Gasteiger partial charge in [-0.1, -0.05) is 49.8 Å². The number of ether oxygens (including phenoxy) is 1. The molecular weight excluding hydrogens is 486 g/mol. The van der Waals surface area contributed by atoms with Crippen molar-refractivity contribution < 1.29 is 9.53 Å². The van der Waals surface area contributed by atoms with Crippen molar-refractivity contribution in [2.24, 2.45) is 22.7 Å². The van der Waals surface area contributed by atoms with Crippen molar-refractivity contribution in [3.05, 3.63) is 71.1 Å². The molecule has 0 bridgehead atoms. The summed E-state index contributed by atoms with van der Waals surface area (Å²) < 4.78 is 5.39. The van der Waals surface area contributed by atoms with E-state index < -0.39 is 0 Å². The minimum Gasteiger partial charge on any atom is -0.379 e. The van der Waals surface area contributed by atoms with Gasteiger partial charge in [-0.05, 0) is 67.7 Å². The summed E-state index contributed by atoms with van der Waals surface area (Å²) in [7, 11) is 1.76. The molecule has 1 aliphatic carbocycles. The van der Waals surface area contributed by atoms with Crippen LogP contribution in [0.25, 0.3) is 0 Å². The van der Waals surface area contributed by atoms with Crippen LogP contribution in [-0.2, 0) is 9.53 Å². The molecule has 2 aliphatic heterocycles. The molecule has 2 heterocycles. The standard InChI is InChI=1S/C32H43N5O2/c1-5-29(22(2)6-7-24-8-9-24)30(19-34-17-23(3)26-12-10-25(16-33)11-13-26)32(38)36-31-15-14-27(18-35-31)37-20-28(21-37)39-4/h5-7,10-13,15,18,22-24,27-28,30,34H,8-9,14,17,19-21H2,1-4H3,(H,36,38)/b7-6-,29-5+/t22-,23-,27?,30?/m0/s1. The maximum Gasteiger partial charge on any atom is 0.234 e. The summed E-state index contributed by atoms with van der Waals surface area (Å²) in [4.78, 5) is 20.6. The first-order valence-corrected chi connectivity index (χ1v) is 14.3. The monoisotopic (exact) mass is 529 g/mol. The summed E-state index contributed by atoms with van der Waals surface area (Å²) in [5, 5.41) is 15.7. The Balaban J connectivity index is 1.38. The number of rotatable bonds is 13. The van der Waals surface area contributed by atoms with Crippen LogP contribution in [0, 0.1) is 29.1 Å². The van der Waals surface area contributed by atoms with Crippen molar-refractivity contribution in [2.75, 3.05) is 33.3 Å². The number of nitriles is 1. The fraction of sp³-hybridized carbons (Fsp3) is 0.531. The maximum atomic E-state index is 13.7. The molecule has 0 aromatic heterocycles. The Morgan fingerprint density at radius 3 is 2.56 bits per heavy atom. The minimum atomic E-state index is -0.311. The first-order chi connectivity index (χ1) is 18.9. The number of carbonyl (C=O) groups excluding carboxylic acids is 1. The largest absolute Gasteiger partial charge is 0.379 e. The molecular formula is C32H43N5O2. The quantitative estimate of drug-likeness (QED) is 0.366. The van der Waals surface area contributed by atoms with E-state index in [1.54, 1.807) is 7.11 Å². The smallest absolute Gasteiger partial charge is 0.234 e. The second-order valence-electron chi connectivity index (χ2n) is 11.1. The lowest BCUT2D eigenvalue weighted by atomic mass is 9.87. The molecule has 1 saturated carbocycles. The van der Waals surface area contributed by atoms with Crippen molar-refractivity contribution in [3.63, 3.8) is 0 Å². The fourth-order valence-corrected chi connectivity index (χ4v) is 5.26.